The van der Waals surface area contributed by atoms with Gasteiger partial charge < -0.3 is 11.1 Å². The molecular formula is C19H29N3O2. The summed E-state index contributed by atoms with van der Waals surface area (Å²) >= 11 is 0. The van der Waals surface area contributed by atoms with Gasteiger partial charge in [-0.05, 0) is 49.4 Å². The minimum absolute atomic E-state index is 0.0295. The fourth-order valence-corrected chi connectivity index (χ4v) is 3.05. The zero-order valence-electron chi connectivity index (χ0n) is 14.8. The second kappa shape index (κ2) is 8.83. The van der Waals surface area contributed by atoms with Gasteiger partial charge in [0, 0.05) is 12.5 Å². The molecule has 24 heavy (non-hydrogen) atoms. The Kier molecular flexibility index (Phi) is 6.79. The Hall–Kier alpha value is -1.88. The lowest BCUT2D eigenvalue weighted by atomic mass is 9.96. The van der Waals surface area contributed by atoms with Crippen LogP contribution in [0.1, 0.15) is 43.7 Å². The van der Waals surface area contributed by atoms with Gasteiger partial charge in [0.05, 0.1) is 6.54 Å². The average molecular weight is 331 g/mol. The molecule has 0 atom stereocenters. The Morgan fingerprint density at radius 1 is 1.21 bits per heavy atom. The summed E-state index contributed by atoms with van der Waals surface area (Å²) in [4.78, 5) is 25.2. The predicted molar refractivity (Wildman–Crippen MR) is 95.6 cm³/mol. The Balaban J connectivity index is 1.66. The van der Waals surface area contributed by atoms with Crippen molar-refractivity contribution in [2.45, 2.75) is 39.0 Å². The number of amides is 2. The lowest BCUT2D eigenvalue weighted by Gasteiger charge is -2.29. The number of benzene rings is 1. The largest absolute Gasteiger partial charge is 0.369 e. The van der Waals surface area contributed by atoms with E-state index in [4.69, 9.17) is 5.73 Å². The number of nitrogens with two attached hydrogens (primary N) is 1. The molecule has 5 heteroatoms. The molecule has 1 aliphatic heterocycles. The summed E-state index contributed by atoms with van der Waals surface area (Å²) in [6.45, 7) is 6.94. The summed E-state index contributed by atoms with van der Waals surface area (Å²) in [6, 6.07) is 8.58. The van der Waals surface area contributed by atoms with E-state index in [-0.39, 0.29) is 17.7 Å². The molecule has 0 radical (unpaired) electrons. The zero-order chi connectivity index (χ0) is 17.5. The van der Waals surface area contributed by atoms with E-state index in [1.54, 1.807) is 0 Å². The molecule has 1 aromatic rings. The van der Waals surface area contributed by atoms with E-state index in [0.29, 0.717) is 19.0 Å². The molecule has 0 aromatic heterocycles. The van der Waals surface area contributed by atoms with Crippen molar-refractivity contribution in [2.24, 2.45) is 11.7 Å². The third kappa shape index (κ3) is 5.64. The van der Waals surface area contributed by atoms with Gasteiger partial charge in [0.2, 0.25) is 11.8 Å². The van der Waals surface area contributed by atoms with Crippen LogP contribution in [0.25, 0.3) is 0 Å². The smallest absolute Gasteiger partial charge is 0.234 e. The lowest BCUT2D eigenvalue weighted by Crippen LogP contribution is -2.43. The molecule has 1 saturated heterocycles. The highest BCUT2D eigenvalue weighted by Crippen LogP contribution is 2.16. The summed E-state index contributed by atoms with van der Waals surface area (Å²) < 4.78 is 0. The maximum Gasteiger partial charge on any atom is 0.234 e. The molecule has 3 N–H and O–H groups in total. The number of rotatable bonds is 7. The number of hydrogen-bond acceptors (Lipinski definition) is 3. The van der Waals surface area contributed by atoms with Gasteiger partial charge in [0.15, 0.2) is 0 Å². The predicted octanol–water partition coefficient (Wildman–Crippen LogP) is 1.67. The van der Waals surface area contributed by atoms with Crippen molar-refractivity contribution in [2.75, 3.05) is 26.2 Å². The number of nitrogens with one attached hydrogen (secondary N) is 1. The van der Waals surface area contributed by atoms with Gasteiger partial charge in [0.1, 0.15) is 0 Å². The molecule has 5 nitrogen and oxygen atoms in total. The van der Waals surface area contributed by atoms with Gasteiger partial charge in [0.25, 0.3) is 0 Å². The Morgan fingerprint density at radius 3 is 2.38 bits per heavy atom. The molecule has 1 aromatic carbocycles. The first-order valence-electron chi connectivity index (χ1n) is 8.83. The van der Waals surface area contributed by atoms with Crippen LogP contribution < -0.4 is 11.1 Å². The topological polar surface area (TPSA) is 75.4 Å². The molecule has 2 amide bonds. The van der Waals surface area contributed by atoms with E-state index in [1.165, 1.54) is 11.1 Å². The van der Waals surface area contributed by atoms with Crippen molar-refractivity contribution < 1.29 is 9.59 Å². The van der Waals surface area contributed by atoms with Crippen molar-refractivity contribution in [3.63, 3.8) is 0 Å². The first-order valence-corrected chi connectivity index (χ1v) is 8.83. The molecule has 1 fully saturated rings. The van der Waals surface area contributed by atoms with E-state index in [1.807, 2.05) is 0 Å². The SMILES string of the molecule is CC(C)c1ccc(CCNC(=O)CN2CCC(C(N)=O)CC2)cc1. The van der Waals surface area contributed by atoms with Gasteiger partial charge in [-0.1, -0.05) is 38.1 Å². The molecule has 2 rings (SSSR count). The monoisotopic (exact) mass is 331 g/mol. The number of primary amides is 1. The van der Waals surface area contributed by atoms with Crippen LogP contribution in [0.15, 0.2) is 24.3 Å². The van der Waals surface area contributed by atoms with Crippen molar-refractivity contribution in [3.05, 3.63) is 35.4 Å². The Labute approximate surface area is 144 Å². The Morgan fingerprint density at radius 2 is 1.83 bits per heavy atom. The second-order valence-electron chi connectivity index (χ2n) is 6.95. The second-order valence-corrected chi connectivity index (χ2v) is 6.95. The van der Waals surface area contributed by atoms with Crippen LogP contribution in [0.2, 0.25) is 0 Å². The van der Waals surface area contributed by atoms with Crippen LogP contribution >= 0.6 is 0 Å². The molecule has 0 aliphatic carbocycles. The maximum atomic E-state index is 12.0. The van der Waals surface area contributed by atoms with Crippen LogP contribution in [-0.2, 0) is 16.0 Å². The van der Waals surface area contributed by atoms with E-state index in [0.717, 1.165) is 32.4 Å². The third-order valence-corrected chi connectivity index (χ3v) is 4.74. The van der Waals surface area contributed by atoms with Crippen LogP contribution in [0, 0.1) is 5.92 Å². The number of carbonyl (C=O) groups excluding carboxylic acids is 2. The summed E-state index contributed by atoms with van der Waals surface area (Å²) in [5, 5.41) is 2.98. The lowest BCUT2D eigenvalue weighted by molar-refractivity contribution is -0.124. The third-order valence-electron chi connectivity index (χ3n) is 4.74. The molecule has 0 spiro atoms. The van der Waals surface area contributed by atoms with E-state index < -0.39 is 0 Å². The highest BCUT2D eigenvalue weighted by Gasteiger charge is 2.23. The van der Waals surface area contributed by atoms with Gasteiger partial charge in [-0.2, -0.15) is 0 Å². The number of likely N-dealkylation sites (tertiary alicyclic amines) is 1. The van der Waals surface area contributed by atoms with E-state index >= 15 is 0 Å². The summed E-state index contributed by atoms with van der Waals surface area (Å²) in [6.07, 6.45) is 2.35. The van der Waals surface area contributed by atoms with Gasteiger partial charge in [-0.3, -0.25) is 14.5 Å². The van der Waals surface area contributed by atoms with Gasteiger partial charge in [-0.15, -0.1) is 0 Å². The van der Waals surface area contributed by atoms with E-state index in [2.05, 4.69) is 48.3 Å². The minimum atomic E-state index is -0.220. The first kappa shape index (κ1) is 18.5. The maximum absolute atomic E-state index is 12.0. The van der Waals surface area contributed by atoms with Gasteiger partial charge >= 0.3 is 0 Å². The van der Waals surface area contributed by atoms with Crippen LogP contribution in [0.4, 0.5) is 0 Å². The van der Waals surface area contributed by atoms with Crippen LogP contribution in [-0.4, -0.2) is 42.9 Å². The summed E-state index contributed by atoms with van der Waals surface area (Å²) in [5.41, 5.74) is 7.90. The molecule has 0 saturated carbocycles. The quantitative estimate of drug-likeness (QED) is 0.798. The number of nitrogens with zero attached hydrogens (tertiary/aromatic N) is 1. The number of piperidine rings is 1. The molecule has 0 unspecified atom stereocenters. The fourth-order valence-electron chi connectivity index (χ4n) is 3.05. The molecule has 1 heterocycles. The van der Waals surface area contributed by atoms with Crippen LogP contribution in [0.5, 0.6) is 0 Å². The normalized spacial score (nSPS) is 16.3. The molecule has 0 bridgehead atoms. The zero-order valence-corrected chi connectivity index (χ0v) is 14.8. The highest BCUT2D eigenvalue weighted by molar-refractivity contribution is 5.78. The fraction of sp³-hybridized carbons (Fsp3) is 0.579. The van der Waals surface area contributed by atoms with Crippen LogP contribution in [0.3, 0.4) is 0 Å². The van der Waals surface area contributed by atoms with Crippen molar-refractivity contribution >= 4 is 11.8 Å². The van der Waals surface area contributed by atoms with Crippen molar-refractivity contribution in [1.29, 1.82) is 0 Å². The molecule has 132 valence electrons. The van der Waals surface area contributed by atoms with Crippen molar-refractivity contribution in [1.82, 2.24) is 10.2 Å². The highest BCUT2D eigenvalue weighted by atomic mass is 16.2. The van der Waals surface area contributed by atoms with Crippen molar-refractivity contribution in [3.8, 4) is 0 Å². The minimum Gasteiger partial charge on any atom is -0.369 e. The first-order chi connectivity index (χ1) is 11.5. The Bertz CT molecular complexity index is 546. The summed E-state index contributed by atoms with van der Waals surface area (Å²) in [7, 11) is 0. The molecule has 1 aliphatic rings. The average Bonchev–Trinajstić information content (AvgIpc) is 2.55. The standard InChI is InChI=1S/C19H29N3O2/c1-14(2)16-5-3-15(4-6-16)7-10-21-18(23)13-22-11-8-17(9-12-22)19(20)24/h3-6,14,17H,7-13H2,1-2H3,(H2,20,24)(H,21,23). The number of carbonyl (C=O) groups is 2. The van der Waals surface area contributed by atoms with E-state index in [9.17, 15) is 9.59 Å². The summed E-state index contributed by atoms with van der Waals surface area (Å²) in [5.74, 6) is 0.337. The molecular weight excluding hydrogens is 302 g/mol. The van der Waals surface area contributed by atoms with Gasteiger partial charge in [-0.25, -0.2) is 0 Å². The number of hydrogen-bond donors (Lipinski definition) is 2.